The van der Waals surface area contributed by atoms with E-state index in [1.54, 1.807) is 30.4 Å². The van der Waals surface area contributed by atoms with Crippen molar-refractivity contribution in [2.24, 2.45) is 0 Å². The van der Waals surface area contributed by atoms with Crippen LogP contribution >= 0.6 is 0 Å². The van der Waals surface area contributed by atoms with Crippen LogP contribution in [-0.4, -0.2) is 40.3 Å². The number of aromatic nitrogens is 2. The predicted octanol–water partition coefficient (Wildman–Crippen LogP) is 3.11. The summed E-state index contributed by atoms with van der Waals surface area (Å²) in [6, 6.07) is 8.31. The third-order valence-corrected chi connectivity index (χ3v) is 4.53. The molecule has 6 nitrogen and oxygen atoms in total. The maximum absolute atomic E-state index is 12.4. The fourth-order valence-corrected chi connectivity index (χ4v) is 3.04. The van der Waals surface area contributed by atoms with Gasteiger partial charge in [-0.05, 0) is 22.8 Å². The highest BCUT2D eigenvalue weighted by Crippen LogP contribution is 2.35. The molecule has 27 heavy (non-hydrogen) atoms. The van der Waals surface area contributed by atoms with Crippen molar-refractivity contribution in [3.8, 4) is 0 Å². The number of carbonyl (C=O) groups is 2. The van der Waals surface area contributed by atoms with Crippen LogP contribution in [0.5, 0.6) is 0 Å². The molecule has 1 unspecified atom stereocenters. The Kier molecular flexibility index (Phi) is 5.45. The Labute approximate surface area is 158 Å². The smallest absolute Gasteiger partial charge is 0.246 e. The zero-order chi connectivity index (χ0) is 19.4. The number of fused-ring (bicyclic) bond motifs is 1. The summed E-state index contributed by atoms with van der Waals surface area (Å²) in [6.07, 6.45) is 8.45. The first kappa shape index (κ1) is 18.5. The van der Waals surface area contributed by atoms with E-state index < -0.39 is 0 Å². The highest BCUT2D eigenvalue weighted by molar-refractivity contribution is 5.92. The van der Waals surface area contributed by atoms with Gasteiger partial charge in [0.2, 0.25) is 17.8 Å². The van der Waals surface area contributed by atoms with Gasteiger partial charge < -0.3 is 4.90 Å². The minimum Gasteiger partial charge on any atom is -0.338 e. The predicted molar refractivity (Wildman–Crippen MR) is 106 cm³/mol. The van der Waals surface area contributed by atoms with E-state index in [-0.39, 0.29) is 17.8 Å². The van der Waals surface area contributed by atoms with Crippen molar-refractivity contribution < 1.29 is 9.59 Å². The zero-order valence-corrected chi connectivity index (χ0v) is 15.6. The van der Waals surface area contributed by atoms with Crippen LogP contribution in [0.3, 0.4) is 0 Å². The molecule has 0 fully saturated rings. The molecule has 1 aliphatic carbocycles. The average molecular weight is 362 g/mol. The number of benzene rings is 1. The summed E-state index contributed by atoms with van der Waals surface area (Å²) in [5.74, 6) is 0.234. The molecule has 0 aliphatic heterocycles. The van der Waals surface area contributed by atoms with Crippen LogP contribution in [0.15, 0.2) is 48.3 Å². The Morgan fingerprint density at radius 3 is 2.59 bits per heavy atom. The van der Waals surface area contributed by atoms with Crippen LogP contribution in [0.1, 0.15) is 36.5 Å². The number of nitrogens with zero attached hydrogens (tertiary/aromatic N) is 3. The van der Waals surface area contributed by atoms with E-state index in [4.69, 9.17) is 0 Å². The maximum Gasteiger partial charge on any atom is 0.246 e. The van der Waals surface area contributed by atoms with Gasteiger partial charge in [0.25, 0.3) is 0 Å². The van der Waals surface area contributed by atoms with Crippen LogP contribution in [0, 0.1) is 0 Å². The lowest BCUT2D eigenvalue weighted by molar-refractivity contribution is -0.124. The second kappa shape index (κ2) is 7.95. The molecule has 2 aromatic rings. The summed E-state index contributed by atoms with van der Waals surface area (Å²) in [7, 11) is 1.79. The Balaban J connectivity index is 1.60. The molecule has 0 radical (unpaired) electrons. The molecule has 0 spiro atoms. The molecule has 1 aliphatic rings. The lowest BCUT2D eigenvalue weighted by Crippen LogP contribution is -2.27. The van der Waals surface area contributed by atoms with Gasteiger partial charge in [0.05, 0.1) is 0 Å². The highest BCUT2D eigenvalue weighted by Gasteiger charge is 2.22. The van der Waals surface area contributed by atoms with Gasteiger partial charge in [0.1, 0.15) is 0 Å². The number of hydrogen-bond donors (Lipinski definition) is 1. The van der Waals surface area contributed by atoms with Crippen molar-refractivity contribution in [2.75, 3.05) is 18.9 Å². The van der Waals surface area contributed by atoms with Gasteiger partial charge in [-0.1, -0.05) is 37.3 Å². The van der Waals surface area contributed by atoms with Gasteiger partial charge in [-0.15, -0.1) is 0 Å². The minimum atomic E-state index is -0.229. The summed E-state index contributed by atoms with van der Waals surface area (Å²) in [5, 5.41) is 2.50. The first-order valence-electron chi connectivity index (χ1n) is 8.76. The van der Waals surface area contributed by atoms with Gasteiger partial charge in [-0.3, -0.25) is 14.9 Å². The molecule has 1 atom stereocenters. The Bertz CT molecular complexity index is 916. The number of carbonyl (C=O) groups excluding carboxylic acids is 2. The quantitative estimate of drug-likeness (QED) is 0.830. The largest absolute Gasteiger partial charge is 0.338 e. The van der Waals surface area contributed by atoms with Gasteiger partial charge in [-0.25, -0.2) is 9.97 Å². The van der Waals surface area contributed by atoms with Crippen LogP contribution in [0.25, 0.3) is 12.2 Å². The van der Waals surface area contributed by atoms with Crippen molar-refractivity contribution in [3.05, 3.63) is 65.0 Å². The molecule has 0 saturated carbocycles. The topological polar surface area (TPSA) is 75.2 Å². The molecule has 3 rings (SSSR count). The van der Waals surface area contributed by atoms with Crippen LogP contribution in [0.2, 0.25) is 0 Å². The SMILES string of the molecule is CC(=O)Nc1ncc(/C=C/C(=O)N(C)CC2=Cc3ccccc3C2C)cn1. The van der Waals surface area contributed by atoms with Crippen LogP contribution in [-0.2, 0) is 9.59 Å². The van der Waals surface area contributed by atoms with Gasteiger partial charge >= 0.3 is 0 Å². The molecule has 0 bridgehead atoms. The fraction of sp³-hybridized carbons (Fsp3) is 0.238. The van der Waals surface area contributed by atoms with E-state index in [1.165, 1.54) is 29.7 Å². The van der Waals surface area contributed by atoms with Crippen LogP contribution < -0.4 is 5.32 Å². The fourth-order valence-electron chi connectivity index (χ4n) is 3.04. The van der Waals surface area contributed by atoms with Gasteiger partial charge in [-0.2, -0.15) is 0 Å². The van der Waals surface area contributed by atoms with Gasteiger partial charge in [0, 0.05) is 50.5 Å². The summed E-state index contributed by atoms with van der Waals surface area (Å²) in [6.45, 7) is 4.14. The molecule has 6 heteroatoms. The molecule has 2 amide bonds. The van der Waals surface area contributed by atoms with Crippen molar-refractivity contribution >= 4 is 29.9 Å². The lowest BCUT2D eigenvalue weighted by atomic mass is 9.98. The van der Waals surface area contributed by atoms with E-state index in [1.807, 2.05) is 12.1 Å². The number of nitrogens with one attached hydrogen (secondary N) is 1. The van der Waals surface area contributed by atoms with Crippen molar-refractivity contribution in [1.82, 2.24) is 14.9 Å². The second-order valence-electron chi connectivity index (χ2n) is 6.62. The summed E-state index contributed by atoms with van der Waals surface area (Å²) in [5.41, 5.74) is 4.45. The molecule has 1 heterocycles. The van der Waals surface area contributed by atoms with E-state index >= 15 is 0 Å². The number of rotatable bonds is 5. The highest BCUT2D eigenvalue weighted by atomic mass is 16.2. The Hall–Kier alpha value is -3.28. The Morgan fingerprint density at radius 2 is 1.93 bits per heavy atom. The van der Waals surface area contributed by atoms with Crippen molar-refractivity contribution in [1.29, 1.82) is 0 Å². The average Bonchev–Trinajstić information content (AvgIpc) is 2.96. The maximum atomic E-state index is 12.4. The number of anilines is 1. The van der Waals surface area contributed by atoms with E-state index in [0.717, 1.165) is 0 Å². The summed E-state index contributed by atoms with van der Waals surface area (Å²) < 4.78 is 0. The molecule has 138 valence electrons. The summed E-state index contributed by atoms with van der Waals surface area (Å²) in [4.78, 5) is 33.1. The monoisotopic (exact) mass is 362 g/mol. The van der Waals surface area contributed by atoms with E-state index in [9.17, 15) is 9.59 Å². The van der Waals surface area contributed by atoms with Crippen LogP contribution in [0.4, 0.5) is 5.95 Å². The second-order valence-corrected chi connectivity index (χ2v) is 6.62. The molecule has 1 N–H and O–H groups in total. The van der Waals surface area contributed by atoms with Gasteiger partial charge in [0.15, 0.2) is 0 Å². The number of likely N-dealkylation sites (N-methyl/N-ethyl adjacent to an activating group) is 1. The third kappa shape index (κ3) is 4.47. The normalized spacial score (nSPS) is 15.4. The first-order chi connectivity index (χ1) is 12.9. The number of hydrogen-bond acceptors (Lipinski definition) is 4. The minimum absolute atomic E-state index is 0.0926. The first-order valence-corrected chi connectivity index (χ1v) is 8.76. The molecular formula is C21H22N4O2. The molecule has 1 aromatic heterocycles. The van der Waals surface area contributed by atoms with Crippen molar-refractivity contribution in [3.63, 3.8) is 0 Å². The molecule has 1 aromatic carbocycles. The molecular weight excluding hydrogens is 340 g/mol. The summed E-state index contributed by atoms with van der Waals surface area (Å²) >= 11 is 0. The third-order valence-electron chi connectivity index (χ3n) is 4.53. The standard InChI is InChI=1S/C21H22N4O2/c1-14-18(10-17-6-4-5-7-19(14)17)13-25(3)20(27)9-8-16-11-22-21(23-12-16)24-15(2)26/h4-12,14H,13H2,1-3H3,(H,22,23,24,26)/b9-8+. The number of amides is 2. The lowest BCUT2D eigenvalue weighted by Gasteiger charge is -2.19. The van der Waals surface area contributed by atoms with Crippen molar-refractivity contribution in [2.45, 2.75) is 19.8 Å². The Morgan fingerprint density at radius 1 is 1.22 bits per heavy atom. The van der Waals surface area contributed by atoms with E-state index in [0.29, 0.717) is 18.0 Å². The van der Waals surface area contributed by atoms with E-state index in [2.05, 4.69) is 40.4 Å². The molecule has 0 saturated heterocycles. The zero-order valence-electron chi connectivity index (χ0n) is 15.6.